The highest BCUT2D eigenvalue weighted by molar-refractivity contribution is 5.76. The van der Waals surface area contributed by atoms with Crippen LogP contribution in [0.4, 0.5) is 0 Å². The fraction of sp³-hybridized carbons (Fsp3) is 0.800. The van der Waals surface area contributed by atoms with E-state index in [-0.39, 0.29) is 5.91 Å². The molecule has 0 aliphatic heterocycles. The minimum atomic E-state index is 0.0356. The normalized spacial score (nSPS) is 17.8. The molecule has 1 aliphatic rings. The Labute approximate surface area is 79.1 Å². The maximum atomic E-state index is 11.2. The molecule has 0 atom stereocenters. The second kappa shape index (κ2) is 5.58. The predicted octanol–water partition coefficient (Wildman–Crippen LogP) is 1.74. The minimum Gasteiger partial charge on any atom is -0.353 e. The summed E-state index contributed by atoms with van der Waals surface area (Å²) in [7, 11) is 0. The van der Waals surface area contributed by atoms with Crippen LogP contribution >= 0.6 is 0 Å². The largest absolute Gasteiger partial charge is 0.353 e. The lowest BCUT2D eigenvalue weighted by molar-refractivity contribution is -0.121. The third-order valence-corrected chi connectivity index (χ3v) is 2.43. The molecule has 3 nitrogen and oxygen atoms in total. The lowest BCUT2D eigenvalue weighted by Crippen LogP contribution is -2.35. The number of nitrogens with one attached hydrogen (secondary N) is 1. The van der Waals surface area contributed by atoms with E-state index < -0.39 is 0 Å². The molecule has 0 spiro atoms. The topological polar surface area (TPSA) is 52.9 Å². The predicted molar refractivity (Wildman–Crippen MR) is 49.9 cm³/mol. The summed E-state index contributed by atoms with van der Waals surface area (Å²) in [6, 6.07) is 2.35. The number of hydrogen-bond acceptors (Lipinski definition) is 2. The van der Waals surface area contributed by atoms with Gasteiger partial charge in [-0.2, -0.15) is 5.26 Å². The molecule has 3 heteroatoms. The first kappa shape index (κ1) is 10.0. The summed E-state index contributed by atoms with van der Waals surface area (Å²) in [5, 5.41) is 11.3. The van der Waals surface area contributed by atoms with E-state index in [1.54, 1.807) is 0 Å². The van der Waals surface area contributed by atoms with Crippen LogP contribution in [0.2, 0.25) is 0 Å². The standard InChI is InChI=1S/C10H16N2O/c11-8-4-7-10(13)12-9-5-2-1-3-6-9/h9H,1-7H2,(H,12,13). The van der Waals surface area contributed by atoms with Crippen molar-refractivity contribution in [2.24, 2.45) is 0 Å². The summed E-state index contributed by atoms with van der Waals surface area (Å²) >= 11 is 0. The molecule has 13 heavy (non-hydrogen) atoms. The number of rotatable bonds is 3. The Kier molecular flexibility index (Phi) is 4.31. The van der Waals surface area contributed by atoms with Crippen molar-refractivity contribution in [3.8, 4) is 6.07 Å². The van der Waals surface area contributed by atoms with Crippen LogP contribution in [0, 0.1) is 11.3 Å². The Hall–Kier alpha value is -1.04. The molecule has 0 aromatic heterocycles. The summed E-state index contributed by atoms with van der Waals surface area (Å²) < 4.78 is 0. The van der Waals surface area contributed by atoms with Crippen LogP contribution in [0.1, 0.15) is 44.9 Å². The van der Waals surface area contributed by atoms with Gasteiger partial charge in [0.25, 0.3) is 0 Å². The number of hydrogen-bond donors (Lipinski definition) is 1. The Bertz CT molecular complexity index is 201. The molecule has 72 valence electrons. The first-order chi connectivity index (χ1) is 6.33. The van der Waals surface area contributed by atoms with Crippen molar-refractivity contribution in [2.75, 3.05) is 0 Å². The van der Waals surface area contributed by atoms with Gasteiger partial charge in [0.05, 0.1) is 6.07 Å². The number of nitrogens with zero attached hydrogens (tertiary/aromatic N) is 1. The van der Waals surface area contributed by atoms with Gasteiger partial charge in [-0.15, -0.1) is 0 Å². The van der Waals surface area contributed by atoms with Crippen molar-refractivity contribution in [3.63, 3.8) is 0 Å². The van der Waals surface area contributed by atoms with Crippen molar-refractivity contribution in [1.29, 1.82) is 5.26 Å². The summed E-state index contributed by atoms with van der Waals surface area (Å²) in [4.78, 5) is 11.2. The average molecular weight is 180 g/mol. The summed E-state index contributed by atoms with van der Waals surface area (Å²) in [6.45, 7) is 0. The third-order valence-electron chi connectivity index (χ3n) is 2.43. The van der Waals surface area contributed by atoms with Gasteiger partial charge in [-0.05, 0) is 12.8 Å². The Balaban J connectivity index is 2.15. The Morgan fingerprint density at radius 3 is 2.69 bits per heavy atom. The number of nitriles is 1. The molecule has 0 radical (unpaired) electrons. The highest BCUT2D eigenvalue weighted by atomic mass is 16.1. The molecular weight excluding hydrogens is 164 g/mol. The molecule has 1 fully saturated rings. The molecule has 0 unspecified atom stereocenters. The van der Waals surface area contributed by atoms with Crippen LogP contribution in [-0.4, -0.2) is 11.9 Å². The van der Waals surface area contributed by atoms with E-state index in [2.05, 4.69) is 5.32 Å². The van der Waals surface area contributed by atoms with Crippen molar-refractivity contribution < 1.29 is 4.79 Å². The van der Waals surface area contributed by atoms with Crippen LogP contribution in [0.5, 0.6) is 0 Å². The molecule has 1 aliphatic carbocycles. The van der Waals surface area contributed by atoms with E-state index in [0.29, 0.717) is 18.9 Å². The van der Waals surface area contributed by atoms with Crippen molar-refractivity contribution in [3.05, 3.63) is 0 Å². The Morgan fingerprint density at radius 1 is 1.38 bits per heavy atom. The molecule has 1 N–H and O–H groups in total. The summed E-state index contributed by atoms with van der Waals surface area (Å²) in [6.07, 6.45) is 6.65. The molecule has 1 amide bonds. The molecule has 0 aromatic carbocycles. The zero-order valence-corrected chi connectivity index (χ0v) is 7.88. The van der Waals surface area contributed by atoms with Crippen LogP contribution in [0.25, 0.3) is 0 Å². The molecule has 0 bridgehead atoms. The molecule has 1 saturated carbocycles. The SMILES string of the molecule is N#CCCC(=O)NC1CCCCC1. The van der Waals surface area contributed by atoms with Gasteiger partial charge < -0.3 is 5.32 Å². The number of carbonyl (C=O) groups excluding carboxylic acids is 1. The quantitative estimate of drug-likeness (QED) is 0.719. The molecule has 0 saturated heterocycles. The van der Waals surface area contributed by atoms with Gasteiger partial charge in [0.2, 0.25) is 5.91 Å². The highest BCUT2D eigenvalue weighted by Crippen LogP contribution is 2.17. The van der Waals surface area contributed by atoms with Gasteiger partial charge in [-0.3, -0.25) is 4.79 Å². The van der Waals surface area contributed by atoms with Crippen LogP contribution in [0.3, 0.4) is 0 Å². The summed E-state index contributed by atoms with van der Waals surface area (Å²) in [5.41, 5.74) is 0. The van der Waals surface area contributed by atoms with Gasteiger partial charge in [0.15, 0.2) is 0 Å². The first-order valence-corrected chi connectivity index (χ1v) is 4.99. The lowest BCUT2D eigenvalue weighted by Gasteiger charge is -2.22. The molecule has 1 rings (SSSR count). The van der Waals surface area contributed by atoms with Gasteiger partial charge >= 0.3 is 0 Å². The lowest BCUT2D eigenvalue weighted by atomic mass is 9.95. The van der Waals surface area contributed by atoms with E-state index in [1.165, 1.54) is 19.3 Å². The van der Waals surface area contributed by atoms with Crippen LogP contribution < -0.4 is 5.32 Å². The monoisotopic (exact) mass is 180 g/mol. The van der Waals surface area contributed by atoms with Gasteiger partial charge in [-0.1, -0.05) is 19.3 Å². The van der Waals surface area contributed by atoms with Crippen molar-refractivity contribution in [1.82, 2.24) is 5.32 Å². The van der Waals surface area contributed by atoms with E-state index in [9.17, 15) is 4.79 Å². The van der Waals surface area contributed by atoms with E-state index in [0.717, 1.165) is 12.8 Å². The van der Waals surface area contributed by atoms with Crippen LogP contribution in [-0.2, 0) is 4.79 Å². The fourth-order valence-corrected chi connectivity index (χ4v) is 1.72. The molecular formula is C10H16N2O. The molecule has 0 aromatic rings. The van der Waals surface area contributed by atoms with E-state index >= 15 is 0 Å². The van der Waals surface area contributed by atoms with Crippen molar-refractivity contribution in [2.45, 2.75) is 51.0 Å². The number of carbonyl (C=O) groups is 1. The second-order valence-corrected chi connectivity index (χ2v) is 3.56. The van der Waals surface area contributed by atoms with Gasteiger partial charge in [0, 0.05) is 18.9 Å². The smallest absolute Gasteiger partial charge is 0.221 e. The third kappa shape index (κ3) is 3.93. The first-order valence-electron chi connectivity index (χ1n) is 4.99. The summed E-state index contributed by atoms with van der Waals surface area (Å²) in [5.74, 6) is 0.0356. The van der Waals surface area contributed by atoms with Crippen LogP contribution in [0.15, 0.2) is 0 Å². The maximum absolute atomic E-state index is 11.2. The fourth-order valence-electron chi connectivity index (χ4n) is 1.72. The number of amides is 1. The maximum Gasteiger partial charge on any atom is 0.221 e. The minimum absolute atomic E-state index is 0.0356. The average Bonchev–Trinajstić information content (AvgIpc) is 2.16. The van der Waals surface area contributed by atoms with Gasteiger partial charge in [-0.25, -0.2) is 0 Å². The zero-order valence-electron chi connectivity index (χ0n) is 7.88. The second-order valence-electron chi connectivity index (χ2n) is 3.56. The molecule has 0 heterocycles. The van der Waals surface area contributed by atoms with E-state index in [1.807, 2.05) is 6.07 Å². The van der Waals surface area contributed by atoms with Crippen molar-refractivity contribution >= 4 is 5.91 Å². The highest BCUT2D eigenvalue weighted by Gasteiger charge is 2.14. The zero-order chi connectivity index (χ0) is 9.52. The van der Waals surface area contributed by atoms with E-state index in [4.69, 9.17) is 5.26 Å². The Morgan fingerprint density at radius 2 is 2.08 bits per heavy atom. The van der Waals surface area contributed by atoms with Gasteiger partial charge in [0.1, 0.15) is 0 Å².